The van der Waals surface area contributed by atoms with Gasteiger partial charge < -0.3 is 4.18 Å². The second-order valence-electron chi connectivity index (χ2n) is 2.36. The summed E-state index contributed by atoms with van der Waals surface area (Å²) in [6.45, 7) is 0. The van der Waals surface area contributed by atoms with Crippen LogP contribution in [0.3, 0.4) is 0 Å². The molecule has 62 valence electrons. The fraction of sp³-hybridized carbons (Fsp3) is 0.500. The van der Waals surface area contributed by atoms with Crippen LogP contribution in [0.2, 0.25) is 0 Å². The maximum atomic E-state index is 10.6. The fourth-order valence-corrected chi connectivity index (χ4v) is 1.35. The average Bonchev–Trinajstić information content (AvgIpc) is 2.10. The van der Waals surface area contributed by atoms with Crippen LogP contribution in [-0.4, -0.2) is 20.5 Å². The van der Waals surface area contributed by atoms with E-state index >= 15 is 0 Å². The standard InChI is InChI=1S/C6H8O4S/c1-11(8,9)10-6-3-2-5(7)4-6/h4H,2-3H2,1H3. The molecule has 0 N–H and O–H groups in total. The van der Waals surface area contributed by atoms with Gasteiger partial charge in [-0.15, -0.1) is 0 Å². The van der Waals surface area contributed by atoms with E-state index in [1.807, 2.05) is 0 Å². The van der Waals surface area contributed by atoms with E-state index in [9.17, 15) is 13.2 Å². The van der Waals surface area contributed by atoms with Gasteiger partial charge >= 0.3 is 10.1 Å². The van der Waals surface area contributed by atoms with Crippen molar-refractivity contribution in [2.75, 3.05) is 6.26 Å². The average molecular weight is 176 g/mol. The van der Waals surface area contributed by atoms with Gasteiger partial charge in [-0.2, -0.15) is 8.42 Å². The highest BCUT2D eigenvalue weighted by Gasteiger charge is 2.16. The van der Waals surface area contributed by atoms with Crippen molar-refractivity contribution in [1.82, 2.24) is 0 Å². The Morgan fingerprint density at radius 1 is 1.45 bits per heavy atom. The number of carbonyl (C=O) groups is 1. The van der Waals surface area contributed by atoms with Gasteiger partial charge in [0.2, 0.25) is 0 Å². The van der Waals surface area contributed by atoms with Crippen molar-refractivity contribution >= 4 is 15.9 Å². The van der Waals surface area contributed by atoms with Crippen molar-refractivity contribution in [3.63, 3.8) is 0 Å². The maximum absolute atomic E-state index is 10.6. The first-order valence-electron chi connectivity index (χ1n) is 3.10. The molecule has 11 heavy (non-hydrogen) atoms. The summed E-state index contributed by atoms with van der Waals surface area (Å²) >= 11 is 0. The largest absolute Gasteiger partial charge is 0.387 e. The second-order valence-corrected chi connectivity index (χ2v) is 3.94. The van der Waals surface area contributed by atoms with Crippen LogP contribution >= 0.6 is 0 Å². The Morgan fingerprint density at radius 2 is 2.09 bits per heavy atom. The Kier molecular flexibility index (Phi) is 1.99. The third-order valence-corrected chi connectivity index (χ3v) is 1.72. The molecule has 4 nitrogen and oxygen atoms in total. The summed E-state index contributed by atoms with van der Waals surface area (Å²) < 4.78 is 25.5. The summed E-state index contributed by atoms with van der Waals surface area (Å²) in [4.78, 5) is 10.6. The second kappa shape index (κ2) is 2.65. The minimum absolute atomic E-state index is 0.0800. The van der Waals surface area contributed by atoms with Crippen LogP contribution in [0, 0.1) is 0 Å². The van der Waals surface area contributed by atoms with Crippen LogP contribution in [0.4, 0.5) is 0 Å². The molecular formula is C6H8O4S. The molecule has 0 bridgehead atoms. The Bertz CT molecular complexity index is 299. The fourth-order valence-electron chi connectivity index (χ4n) is 0.830. The molecule has 0 aromatic heterocycles. The quantitative estimate of drug-likeness (QED) is 0.564. The Labute approximate surface area is 65.0 Å². The van der Waals surface area contributed by atoms with Crippen LogP contribution in [0.25, 0.3) is 0 Å². The molecule has 0 radical (unpaired) electrons. The molecular weight excluding hydrogens is 168 g/mol. The molecule has 0 heterocycles. The van der Waals surface area contributed by atoms with Crippen LogP contribution in [0.1, 0.15) is 12.8 Å². The molecule has 0 unspecified atom stereocenters. The van der Waals surface area contributed by atoms with Crippen molar-refractivity contribution in [2.45, 2.75) is 12.8 Å². The van der Waals surface area contributed by atoms with Crippen LogP contribution < -0.4 is 0 Å². The highest BCUT2D eigenvalue weighted by atomic mass is 32.2. The first kappa shape index (κ1) is 8.26. The molecule has 1 aliphatic rings. The first-order chi connectivity index (χ1) is 4.97. The highest BCUT2D eigenvalue weighted by molar-refractivity contribution is 7.86. The topological polar surface area (TPSA) is 60.4 Å². The van der Waals surface area contributed by atoms with E-state index in [0.29, 0.717) is 12.8 Å². The van der Waals surface area contributed by atoms with Crippen LogP contribution in [0.15, 0.2) is 11.8 Å². The zero-order valence-electron chi connectivity index (χ0n) is 6.03. The number of rotatable bonds is 2. The molecule has 1 aliphatic carbocycles. The molecule has 0 saturated heterocycles. The van der Waals surface area contributed by atoms with Crippen LogP contribution in [-0.2, 0) is 19.1 Å². The number of hydrogen-bond donors (Lipinski definition) is 0. The molecule has 0 aromatic carbocycles. The molecule has 0 saturated carbocycles. The summed E-state index contributed by atoms with van der Waals surface area (Å²) in [5, 5.41) is 0. The third-order valence-electron chi connectivity index (χ3n) is 1.20. The van der Waals surface area contributed by atoms with Gasteiger partial charge in [-0.1, -0.05) is 0 Å². The van der Waals surface area contributed by atoms with Crippen molar-refractivity contribution < 1.29 is 17.4 Å². The molecule has 0 spiro atoms. The van der Waals surface area contributed by atoms with Gasteiger partial charge in [0, 0.05) is 18.9 Å². The van der Waals surface area contributed by atoms with Gasteiger partial charge in [-0.25, -0.2) is 0 Å². The van der Waals surface area contributed by atoms with E-state index in [1.165, 1.54) is 6.08 Å². The van der Waals surface area contributed by atoms with Crippen LogP contribution in [0.5, 0.6) is 0 Å². The summed E-state index contributed by atoms with van der Waals surface area (Å²) in [5.41, 5.74) is 0. The van der Waals surface area contributed by atoms with Gasteiger partial charge in [0.1, 0.15) is 5.76 Å². The molecule has 0 aliphatic heterocycles. The first-order valence-corrected chi connectivity index (χ1v) is 4.92. The molecule has 5 heteroatoms. The summed E-state index contributed by atoms with van der Waals surface area (Å²) in [7, 11) is -3.45. The predicted octanol–water partition coefficient (Wildman–Crippen LogP) is 0.209. The highest BCUT2D eigenvalue weighted by Crippen LogP contribution is 2.17. The monoisotopic (exact) mass is 176 g/mol. The molecule has 0 atom stereocenters. The van der Waals surface area contributed by atoms with E-state index in [1.54, 1.807) is 0 Å². The van der Waals surface area contributed by atoms with Crippen molar-refractivity contribution in [3.05, 3.63) is 11.8 Å². The minimum atomic E-state index is -3.45. The lowest BCUT2D eigenvalue weighted by molar-refractivity contribution is -0.114. The minimum Gasteiger partial charge on any atom is -0.387 e. The van der Waals surface area contributed by atoms with Crippen molar-refractivity contribution in [1.29, 1.82) is 0 Å². The van der Waals surface area contributed by atoms with Gasteiger partial charge in [-0.05, 0) is 0 Å². The zero-order chi connectivity index (χ0) is 8.48. The van der Waals surface area contributed by atoms with Gasteiger partial charge in [0.05, 0.1) is 6.26 Å². The summed E-state index contributed by atoms with van der Waals surface area (Å²) in [6.07, 6.45) is 2.93. The lowest BCUT2D eigenvalue weighted by atomic mass is 10.3. The number of carbonyl (C=O) groups excluding carboxylic acids is 1. The zero-order valence-corrected chi connectivity index (χ0v) is 6.85. The normalized spacial score (nSPS) is 18.3. The van der Waals surface area contributed by atoms with E-state index < -0.39 is 10.1 Å². The molecule has 0 amide bonds. The Balaban J connectivity index is 2.66. The maximum Gasteiger partial charge on any atom is 0.305 e. The number of ketones is 1. The number of allylic oxidation sites excluding steroid dienone is 2. The van der Waals surface area contributed by atoms with E-state index in [0.717, 1.165) is 6.26 Å². The SMILES string of the molecule is CS(=O)(=O)OC1=CC(=O)CC1. The van der Waals surface area contributed by atoms with Crippen molar-refractivity contribution in [2.24, 2.45) is 0 Å². The smallest absolute Gasteiger partial charge is 0.305 e. The summed E-state index contributed by atoms with van der Waals surface area (Å²) in [5.74, 6) is 0.168. The van der Waals surface area contributed by atoms with Crippen molar-refractivity contribution in [3.8, 4) is 0 Å². The van der Waals surface area contributed by atoms with Gasteiger partial charge in [0.15, 0.2) is 5.78 Å². The van der Waals surface area contributed by atoms with Gasteiger partial charge in [-0.3, -0.25) is 4.79 Å². The Hall–Kier alpha value is -0.840. The number of hydrogen-bond acceptors (Lipinski definition) is 4. The molecule has 1 rings (SSSR count). The lowest BCUT2D eigenvalue weighted by Crippen LogP contribution is -2.00. The predicted molar refractivity (Wildman–Crippen MR) is 38.3 cm³/mol. The molecule has 0 fully saturated rings. The van der Waals surface area contributed by atoms with E-state index in [4.69, 9.17) is 0 Å². The van der Waals surface area contributed by atoms with Gasteiger partial charge in [0.25, 0.3) is 0 Å². The van der Waals surface area contributed by atoms with E-state index in [2.05, 4.69) is 4.18 Å². The summed E-state index contributed by atoms with van der Waals surface area (Å²) in [6, 6.07) is 0. The molecule has 0 aromatic rings. The third kappa shape index (κ3) is 2.71. The lowest BCUT2D eigenvalue weighted by Gasteiger charge is -2.00. The Morgan fingerprint density at radius 3 is 2.45 bits per heavy atom. The van der Waals surface area contributed by atoms with E-state index in [-0.39, 0.29) is 11.5 Å².